The Morgan fingerprint density at radius 1 is 1.32 bits per heavy atom. The van der Waals surface area contributed by atoms with Crippen LogP contribution in [0.15, 0.2) is 53.4 Å². The number of halogens is 1. The molecule has 222 valence electrons. The van der Waals surface area contributed by atoms with Crippen molar-refractivity contribution in [2.75, 3.05) is 37.5 Å². The normalized spacial score (nSPS) is 25.7. The Hall–Kier alpha value is -2.35. The lowest BCUT2D eigenvalue weighted by molar-refractivity contribution is 0.0135. The van der Waals surface area contributed by atoms with Crippen LogP contribution in [0.4, 0.5) is 5.69 Å². The van der Waals surface area contributed by atoms with E-state index in [1.165, 1.54) is 11.1 Å². The second-order valence-corrected chi connectivity index (χ2v) is 13.7. The molecule has 3 aliphatic rings. The first-order chi connectivity index (χ1) is 19.8. The van der Waals surface area contributed by atoms with Crippen LogP contribution in [0.2, 0.25) is 5.02 Å². The van der Waals surface area contributed by atoms with Crippen molar-refractivity contribution in [3.8, 4) is 5.75 Å². The second-order valence-electron chi connectivity index (χ2n) is 12.1. The van der Waals surface area contributed by atoms with Crippen LogP contribution in [0, 0.1) is 17.8 Å². The summed E-state index contributed by atoms with van der Waals surface area (Å²) in [6.45, 7) is 10.2. The highest BCUT2D eigenvalue weighted by atomic mass is 35.5. The van der Waals surface area contributed by atoms with E-state index in [4.69, 9.17) is 21.1 Å². The first kappa shape index (κ1) is 30.1. The van der Waals surface area contributed by atoms with E-state index in [-0.39, 0.29) is 17.4 Å². The molecule has 41 heavy (non-hydrogen) atoms. The predicted molar refractivity (Wildman–Crippen MR) is 167 cm³/mol. The van der Waals surface area contributed by atoms with E-state index in [0.29, 0.717) is 29.8 Å². The van der Waals surface area contributed by atoms with Gasteiger partial charge in [-0.1, -0.05) is 55.7 Å². The molecule has 5 rings (SSSR count). The molecule has 0 unspecified atom stereocenters. The summed E-state index contributed by atoms with van der Waals surface area (Å²) >= 11 is 6.40. The summed E-state index contributed by atoms with van der Waals surface area (Å²) in [5, 5.41) is 0.764. The van der Waals surface area contributed by atoms with Crippen LogP contribution in [0.5, 0.6) is 5.75 Å². The highest BCUT2D eigenvalue weighted by molar-refractivity contribution is 7.75. The number of carbonyl (C=O) groups excluding carboxylic acids is 1. The quantitative estimate of drug-likeness (QED) is 0.223. The average Bonchev–Trinajstić information content (AvgIpc) is 3.10. The van der Waals surface area contributed by atoms with Gasteiger partial charge in [-0.15, -0.1) is 6.58 Å². The van der Waals surface area contributed by atoms with E-state index >= 15 is 0 Å². The van der Waals surface area contributed by atoms with Crippen LogP contribution in [0.25, 0.3) is 0 Å². The number of hydrogen-bond acceptors (Lipinski definition) is 6. The van der Waals surface area contributed by atoms with Gasteiger partial charge in [0.1, 0.15) is 5.75 Å². The van der Waals surface area contributed by atoms with E-state index < -0.39 is 16.5 Å². The highest BCUT2D eigenvalue weighted by Gasteiger charge is 2.44. The van der Waals surface area contributed by atoms with E-state index in [1.54, 1.807) is 13.2 Å². The molecule has 8 heteroatoms. The minimum atomic E-state index is -1.55. The van der Waals surface area contributed by atoms with Gasteiger partial charge in [-0.3, -0.25) is 4.79 Å². The Morgan fingerprint density at radius 2 is 2.15 bits per heavy atom. The molecule has 0 N–H and O–H groups in total. The fourth-order valence-corrected chi connectivity index (χ4v) is 8.06. The van der Waals surface area contributed by atoms with Crippen molar-refractivity contribution in [3.05, 3.63) is 70.8 Å². The number of carbonyl (C=O) groups is 1. The van der Waals surface area contributed by atoms with Crippen LogP contribution < -0.4 is 9.64 Å². The predicted octanol–water partition coefficient (Wildman–Crippen LogP) is 7.37. The lowest BCUT2D eigenvalue weighted by Crippen LogP contribution is -2.49. The van der Waals surface area contributed by atoms with Crippen molar-refractivity contribution in [1.29, 1.82) is 0 Å². The number of nitrogens with zero attached hydrogens (tertiary/aromatic N) is 2. The molecule has 2 aromatic carbocycles. The van der Waals surface area contributed by atoms with Crippen LogP contribution in [0.1, 0.15) is 67.4 Å². The fourth-order valence-electron chi connectivity index (χ4n) is 6.77. The number of hydrogen-bond donors (Lipinski definition) is 0. The molecule has 0 aromatic heterocycles. The zero-order chi connectivity index (χ0) is 29.1. The number of ether oxygens (including phenoxy) is 2. The van der Waals surface area contributed by atoms with Crippen molar-refractivity contribution in [2.24, 2.45) is 22.1 Å². The SMILES string of the molecule is C=C[C@H](OC)[C@@H]1CC[C@H]1CN1C[C@@]2(CCCc3cc(Cl)ccc32)COc2ccc(C(=O)N=[S-](=O)C[C@@H](C)CC)cc21. The molecule has 1 fully saturated rings. The molecule has 1 saturated carbocycles. The monoisotopic (exact) mass is 597 g/mol. The van der Waals surface area contributed by atoms with Gasteiger partial charge in [-0.05, 0) is 85.4 Å². The summed E-state index contributed by atoms with van der Waals surface area (Å²) in [4.78, 5) is 15.6. The van der Waals surface area contributed by atoms with Crippen LogP contribution in [-0.2, 0) is 31.4 Å². The van der Waals surface area contributed by atoms with Gasteiger partial charge in [0, 0.05) is 36.2 Å². The number of fused-ring (bicyclic) bond motifs is 3. The summed E-state index contributed by atoms with van der Waals surface area (Å²) < 4.78 is 28.9. The summed E-state index contributed by atoms with van der Waals surface area (Å²) in [6.07, 6.45) is 8.16. The molecule has 6 nitrogen and oxygen atoms in total. The van der Waals surface area contributed by atoms with Gasteiger partial charge in [0.25, 0.3) is 5.91 Å². The molecule has 1 aliphatic heterocycles. The van der Waals surface area contributed by atoms with Gasteiger partial charge in [0.15, 0.2) is 0 Å². The third-order valence-electron chi connectivity index (χ3n) is 9.45. The van der Waals surface area contributed by atoms with Crippen molar-refractivity contribution in [1.82, 2.24) is 0 Å². The number of benzene rings is 2. The second kappa shape index (κ2) is 12.9. The van der Waals surface area contributed by atoms with Crippen molar-refractivity contribution in [3.63, 3.8) is 0 Å². The Bertz CT molecular complexity index is 1370. The molecule has 0 radical (unpaired) electrons. The first-order valence-electron chi connectivity index (χ1n) is 14.9. The Labute approximate surface area is 251 Å². The maximum absolute atomic E-state index is 13.1. The van der Waals surface area contributed by atoms with Gasteiger partial charge < -0.3 is 22.9 Å². The average molecular weight is 598 g/mol. The van der Waals surface area contributed by atoms with Crippen LogP contribution in [-0.4, -0.2) is 44.6 Å². The molecule has 0 saturated heterocycles. The molecule has 1 amide bonds. The molecule has 1 heterocycles. The number of anilines is 1. The number of methoxy groups -OCH3 is 1. The maximum Gasteiger partial charge on any atom is 0.254 e. The Morgan fingerprint density at radius 3 is 2.85 bits per heavy atom. The van der Waals surface area contributed by atoms with E-state index in [2.05, 4.69) is 28.0 Å². The molecule has 5 atom stereocenters. The van der Waals surface area contributed by atoms with E-state index in [0.717, 1.165) is 68.1 Å². The molecular weight excluding hydrogens is 556 g/mol. The highest BCUT2D eigenvalue weighted by Crippen LogP contribution is 2.47. The van der Waals surface area contributed by atoms with Gasteiger partial charge in [-0.2, -0.15) is 10.6 Å². The minimum Gasteiger partial charge on any atom is -0.490 e. The molecular formula is C33H42ClN2O4S-. The lowest BCUT2D eigenvalue weighted by Gasteiger charge is -2.46. The molecule has 1 spiro atoms. The smallest absolute Gasteiger partial charge is 0.254 e. The zero-order valence-electron chi connectivity index (χ0n) is 24.4. The van der Waals surface area contributed by atoms with Crippen molar-refractivity contribution in [2.45, 2.75) is 63.9 Å². The largest absolute Gasteiger partial charge is 0.490 e. The van der Waals surface area contributed by atoms with Crippen LogP contribution in [0.3, 0.4) is 0 Å². The fraction of sp³-hybridized carbons (Fsp3) is 0.545. The maximum atomic E-state index is 13.1. The summed E-state index contributed by atoms with van der Waals surface area (Å²) in [5.41, 5.74) is 3.75. The Kier molecular flexibility index (Phi) is 9.47. The third kappa shape index (κ3) is 6.37. The van der Waals surface area contributed by atoms with Gasteiger partial charge in [0.2, 0.25) is 0 Å². The van der Waals surface area contributed by atoms with Gasteiger partial charge in [0.05, 0.1) is 18.4 Å². The summed E-state index contributed by atoms with van der Waals surface area (Å²) in [6, 6.07) is 11.8. The first-order valence-corrected chi connectivity index (χ1v) is 16.5. The minimum absolute atomic E-state index is 0.0233. The number of amides is 1. The molecule has 2 aliphatic carbocycles. The van der Waals surface area contributed by atoms with Gasteiger partial charge in [-0.25, -0.2) is 0 Å². The van der Waals surface area contributed by atoms with Gasteiger partial charge >= 0.3 is 0 Å². The summed E-state index contributed by atoms with van der Waals surface area (Å²) in [5.74, 6) is 1.79. The standard InChI is InChI=1S/C33H42ClN2O4S/c1-5-22(3)19-41(38)35-32(37)24-10-14-31-29(17-24)36(18-25-9-12-27(25)30(6-2)39-4)20-33(21-40-31)15-7-8-23-16-26(34)11-13-28(23)33/h6,10-11,13-14,16-17,22,25,27,30H,2,5,7-9,12,15,18-21H2,1,3-4H3/q-1/t22-,25-,27+,30-,33-/m0/s1. The van der Waals surface area contributed by atoms with Crippen molar-refractivity contribution < 1.29 is 18.5 Å². The van der Waals surface area contributed by atoms with Crippen molar-refractivity contribution >= 4 is 33.8 Å². The number of aryl methyl sites for hydroxylation is 1. The van der Waals surface area contributed by atoms with E-state index in [9.17, 15) is 9.00 Å². The summed E-state index contributed by atoms with van der Waals surface area (Å²) in [7, 11) is 0.205. The third-order valence-corrected chi connectivity index (χ3v) is 10.9. The molecule has 0 bridgehead atoms. The zero-order valence-corrected chi connectivity index (χ0v) is 26.0. The number of rotatable bonds is 9. The van der Waals surface area contributed by atoms with Crippen LogP contribution >= 0.6 is 11.6 Å². The van der Waals surface area contributed by atoms with E-state index in [1.807, 2.05) is 38.1 Å². The lowest BCUT2D eigenvalue weighted by atomic mass is 9.68. The molecule has 2 aromatic rings. The topological polar surface area (TPSA) is 68.2 Å². The Balaban J connectivity index is 1.51.